The molecule has 0 aromatic rings. The molecule has 1 fully saturated rings. The summed E-state index contributed by atoms with van der Waals surface area (Å²) in [5, 5.41) is 0. The van der Waals surface area contributed by atoms with E-state index in [1.54, 1.807) is 0 Å². The van der Waals surface area contributed by atoms with E-state index in [1.807, 2.05) is 13.8 Å². The Morgan fingerprint density at radius 2 is 2.38 bits per heavy atom. The van der Waals surface area contributed by atoms with Crippen LogP contribution in [-0.2, 0) is 4.74 Å². The number of ether oxygens (including phenoxy) is 1. The summed E-state index contributed by atoms with van der Waals surface area (Å²) < 4.78 is 5.24. The molecule has 0 bridgehead atoms. The summed E-state index contributed by atoms with van der Waals surface area (Å²) in [6.07, 6.45) is 1.23. The Morgan fingerprint density at radius 1 is 1.75 bits per heavy atom. The van der Waals surface area contributed by atoms with Crippen LogP contribution in [0.2, 0.25) is 0 Å². The third-order valence-electron chi connectivity index (χ3n) is 1.94. The van der Waals surface area contributed by atoms with Crippen molar-refractivity contribution in [1.29, 1.82) is 0 Å². The first kappa shape index (κ1) is 6.05. The molecule has 0 spiro atoms. The molecule has 2 nitrogen and oxygen atoms in total. The van der Waals surface area contributed by atoms with E-state index in [2.05, 4.69) is 0 Å². The fourth-order valence-electron chi connectivity index (χ4n) is 0.849. The molecule has 0 amide bonds. The minimum Gasteiger partial charge on any atom is -0.377 e. The zero-order valence-corrected chi connectivity index (χ0v) is 5.48. The van der Waals surface area contributed by atoms with E-state index in [4.69, 9.17) is 10.5 Å². The quantitative estimate of drug-likeness (QED) is 0.499. The predicted octanol–water partition coefficient (Wildman–Crippen LogP) is 0.513. The van der Waals surface area contributed by atoms with Gasteiger partial charge < -0.3 is 10.5 Å². The van der Waals surface area contributed by atoms with Gasteiger partial charge in [-0.05, 0) is 20.3 Å². The number of nitrogens with two attached hydrogens (primary N) is 1. The zero-order chi connectivity index (χ0) is 6.20. The van der Waals surface area contributed by atoms with E-state index in [1.165, 1.54) is 0 Å². The van der Waals surface area contributed by atoms with Crippen LogP contribution in [0.4, 0.5) is 0 Å². The van der Waals surface area contributed by atoms with Gasteiger partial charge in [0.1, 0.15) is 0 Å². The van der Waals surface area contributed by atoms with Crippen molar-refractivity contribution >= 4 is 0 Å². The molecule has 1 aliphatic heterocycles. The summed E-state index contributed by atoms with van der Waals surface area (Å²) in [7, 11) is 0. The molecule has 8 heavy (non-hydrogen) atoms. The van der Waals surface area contributed by atoms with Gasteiger partial charge in [0.25, 0.3) is 0 Å². The normalized spacial score (nSPS) is 47.6. The van der Waals surface area contributed by atoms with Crippen LogP contribution < -0.4 is 5.73 Å². The van der Waals surface area contributed by atoms with Crippen molar-refractivity contribution in [3.8, 4) is 0 Å². The van der Waals surface area contributed by atoms with Crippen LogP contribution in [0.25, 0.3) is 0 Å². The highest BCUT2D eigenvalue weighted by atomic mass is 16.5. The molecule has 2 atom stereocenters. The molecule has 0 unspecified atom stereocenters. The number of hydrogen-bond donors (Lipinski definition) is 1. The monoisotopic (exact) mass is 115 g/mol. The lowest BCUT2D eigenvalue weighted by Gasteiger charge is -2.20. The topological polar surface area (TPSA) is 35.2 Å². The first-order chi connectivity index (χ1) is 3.63. The molecule has 0 aliphatic carbocycles. The lowest BCUT2D eigenvalue weighted by molar-refractivity contribution is 0.100. The van der Waals surface area contributed by atoms with Gasteiger partial charge in [-0.3, -0.25) is 0 Å². The summed E-state index contributed by atoms with van der Waals surface area (Å²) in [4.78, 5) is 0. The van der Waals surface area contributed by atoms with Gasteiger partial charge in [0, 0.05) is 12.1 Å². The van der Waals surface area contributed by atoms with E-state index < -0.39 is 0 Å². The highest BCUT2D eigenvalue weighted by Gasteiger charge is 2.32. The molecule has 0 radical (unpaired) electrons. The Hall–Kier alpha value is -0.0800. The molecular weight excluding hydrogens is 102 g/mol. The van der Waals surface area contributed by atoms with Gasteiger partial charge in [0.15, 0.2) is 0 Å². The van der Waals surface area contributed by atoms with Crippen molar-refractivity contribution in [2.24, 2.45) is 5.73 Å². The molecule has 1 saturated heterocycles. The lowest BCUT2D eigenvalue weighted by Crippen LogP contribution is -2.42. The van der Waals surface area contributed by atoms with E-state index >= 15 is 0 Å². The Bertz CT molecular complexity index is 90.5. The van der Waals surface area contributed by atoms with Crippen molar-refractivity contribution in [3.05, 3.63) is 0 Å². The minimum atomic E-state index is -0.0694. The molecule has 2 N–H and O–H groups in total. The standard InChI is InChI=1S/C6H13NO/c1-5-6(2,7)3-4-8-5/h5H,3-4,7H2,1-2H3/t5-,6+/m0/s1. The molecule has 1 aliphatic rings. The van der Waals surface area contributed by atoms with Crippen molar-refractivity contribution in [2.45, 2.75) is 31.9 Å². The SMILES string of the molecule is C[C@@H]1OCC[C@@]1(C)N. The molecule has 0 aromatic heterocycles. The van der Waals surface area contributed by atoms with Crippen LogP contribution in [0.3, 0.4) is 0 Å². The van der Waals surface area contributed by atoms with Crippen LogP contribution in [-0.4, -0.2) is 18.2 Å². The van der Waals surface area contributed by atoms with Crippen LogP contribution in [0.5, 0.6) is 0 Å². The summed E-state index contributed by atoms with van der Waals surface area (Å²) in [5.41, 5.74) is 5.73. The first-order valence-electron chi connectivity index (χ1n) is 3.03. The highest BCUT2D eigenvalue weighted by Crippen LogP contribution is 2.21. The average molecular weight is 115 g/mol. The highest BCUT2D eigenvalue weighted by molar-refractivity contribution is 4.89. The third kappa shape index (κ3) is 0.858. The second kappa shape index (κ2) is 1.71. The zero-order valence-electron chi connectivity index (χ0n) is 5.48. The van der Waals surface area contributed by atoms with Gasteiger partial charge in [0.05, 0.1) is 6.10 Å². The summed E-state index contributed by atoms with van der Waals surface area (Å²) in [6.45, 7) is 4.88. The fraction of sp³-hybridized carbons (Fsp3) is 1.00. The predicted molar refractivity (Wildman–Crippen MR) is 32.6 cm³/mol. The van der Waals surface area contributed by atoms with Gasteiger partial charge >= 0.3 is 0 Å². The smallest absolute Gasteiger partial charge is 0.0724 e. The molecule has 0 saturated carbocycles. The Morgan fingerprint density at radius 3 is 2.50 bits per heavy atom. The van der Waals surface area contributed by atoms with E-state index in [0.717, 1.165) is 13.0 Å². The second-order valence-corrected chi connectivity index (χ2v) is 2.77. The summed E-state index contributed by atoms with van der Waals surface area (Å²) in [5.74, 6) is 0. The Kier molecular flexibility index (Phi) is 1.29. The van der Waals surface area contributed by atoms with Crippen molar-refractivity contribution in [1.82, 2.24) is 0 Å². The molecule has 0 aromatic carbocycles. The van der Waals surface area contributed by atoms with Gasteiger partial charge in [-0.15, -0.1) is 0 Å². The third-order valence-corrected chi connectivity index (χ3v) is 1.94. The lowest BCUT2D eigenvalue weighted by atomic mass is 9.97. The van der Waals surface area contributed by atoms with Crippen molar-refractivity contribution in [2.75, 3.05) is 6.61 Å². The van der Waals surface area contributed by atoms with E-state index in [0.29, 0.717) is 0 Å². The second-order valence-electron chi connectivity index (χ2n) is 2.77. The average Bonchev–Trinajstić information content (AvgIpc) is 1.86. The van der Waals surface area contributed by atoms with Crippen LogP contribution in [0.15, 0.2) is 0 Å². The fourth-order valence-corrected chi connectivity index (χ4v) is 0.849. The Labute approximate surface area is 50.0 Å². The number of rotatable bonds is 0. The van der Waals surface area contributed by atoms with Crippen LogP contribution >= 0.6 is 0 Å². The van der Waals surface area contributed by atoms with E-state index in [9.17, 15) is 0 Å². The maximum atomic E-state index is 5.80. The molecule has 2 heteroatoms. The summed E-state index contributed by atoms with van der Waals surface area (Å²) in [6, 6.07) is 0. The first-order valence-corrected chi connectivity index (χ1v) is 3.03. The molecule has 48 valence electrons. The Balaban J connectivity index is 2.54. The maximum Gasteiger partial charge on any atom is 0.0724 e. The van der Waals surface area contributed by atoms with Crippen molar-refractivity contribution < 1.29 is 4.74 Å². The molecule has 1 heterocycles. The largest absolute Gasteiger partial charge is 0.377 e. The van der Waals surface area contributed by atoms with E-state index in [-0.39, 0.29) is 11.6 Å². The molecule has 1 rings (SSSR count). The van der Waals surface area contributed by atoms with Gasteiger partial charge in [-0.2, -0.15) is 0 Å². The minimum absolute atomic E-state index is 0.0694. The molecular formula is C6H13NO. The van der Waals surface area contributed by atoms with Crippen molar-refractivity contribution in [3.63, 3.8) is 0 Å². The van der Waals surface area contributed by atoms with Gasteiger partial charge in [0.2, 0.25) is 0 Å². The van der Waals surface area contributed by atoms with Crippen LogP contribution in [0.1, 0.15) is 20.3 Å². The van der Waals surface area contributed by atoms with Gasteiger partial charge in [-0.1, -0.05) is 0 Å². The van der Waals surface area contributed by atoms with Crippen LogP contribution in [0, 0.1) is 0 Å². The maximum absolute atomic E-state index is 5.80. The summed E-state index contributed by atoms with van der Waals surface area (Å²) >= 11 is 0. The van der Waals surface area contributed by atoms with Gasteiger partial charge in [-0.25, -0.2) is 0 Å². The number of hydrogen-bond acceptors (Lipinski definition) is 2.